The zero-order valence-electron chi connectivity index (χ0n) is 16.0. The van der Waals surface area contributed by atoms with Crippen LogP contribution in [0.2, 0.25) is 0 Å². The molecule has 0 spiro atoms. The Morgan fingerprint density at radius 2 is 1.73 bits per heavy atom. The number of rotatable bonds is 7. The molecule has 7 heteroatoms. The number of hydrogen-bond donors (Lipinski definition) is 2. The third-order valence-corrected chi connectivity index (χ3v) is 5.19. The standard InChI is InChI=1S/C23H19N3O3S/c27-21(14-18-15-30-23(24-18)26-22(28)20-11-6-12-29-20)25-19-10-5-4-9-17(19)13-16-7-2-1-3-8-16/h1-12,15H,13-14H2,(H,25,27)(H,24,26,28). The third kappa shape index (κ3) is 5.01. The SMILES string of the molecule is O=C(Cc1csc(NC(=O)c2ccco2)n1)Nc1ccccc1Cc1ccccc1. The third-order valence-electron chi connectivity index (χ3n) is 4.39. The summed E-state index contributed by atoms with van der Waals surface area (Å²) in [4.78, 5) is 28.9. The van der Waals surface area contributed by atoms with Crippen LogP contribution < -0.4 is 10.6 Å². The first kappa shape index (κ1) is 19.6. The van der Waals surface area contributed by atoms with E-state index >= 15 is 0 Å². The van der Waals surface area contributed by atoms with Crippen molar-refractivity contribution in [3.05, 3.63) is 101 Å². The van der Waals surface area contributed by atoms with Gasteiger partial charge in [-0.05, 0) is 35.7 Å². The van der Waals surface area contributed by atoms with Crippen LogP contribution in [0.15, 0.2) is 82.8 Å². The molecule has 6 nitrogen and oxygen atoms in total. The second-order valence-electron chi connectivity index (χ2n) is 6.62. The average Bonchev–Trinajstić information content (AvgIpc) is 3.43. The number of para-hydroxylation sites is 1. The van der Waals surface area contributed by atoms with E-state index < -0.39 is 0 Å². The molecule has 2 heterocycles. The van der Waals surface area contributed by atoms with Crippen LogP contribution >= 0.6 is 11.3 Å². The lowest BCUT2D eigenvalue weighted by Gasteiger charge is -2.11. The van der Waals surface area contributed by atoms with E-state index in [-0.39, 0.29) is 24.0 Å². The molecule has 0 saturated heterocycles. The summed E-state index contributed by atoms with van der Waals surface area (Å²) >= 11 is 1.26. The molecule has 2 N–H and O–H groups in total. The number of anilines is 2. The summed E-state index contributed by atoms with van der Waals surface area (Å²) in [6, 6.07) is 21.1. The van der Waals surface area contributed by atoms with E-state index in [4.69, 9.17) is 4.42 Å². The van der Waals surface area contributed by atoms with Crippen LogP contribution in [-0.4, -0.2) is 16.8 Å². The molecule has 0 aliphatic heterocycles. The minimum absolute atomic E-state index is 0.118. The smallest absolute Gasteiger partial charge is 0.293 e. The van der Waals surface area contributed by atoms with Crippen LogP contribution in [0.1, 0.15) is 27.4 Å². The van der Waals surface area contributed by atoms with Crippen molar-refractivity contribution in [3.8, 4) is 0 Å². The fourth-order valence-corrected chi connectivity index (χ4v) is 3.69. The van der Waals surface area contributed by atoms with E-state index in [9.17, 15) is 9.59 Å². The molecule has 0 bridgehead atoms. The van der Waals surface area contributed by atoms with Crippen molar-refractivity contribution in [1.82, 2.24) is 4.98 Å². The lowest BCUT2D eigenvalue weighted by Crippen LogP contribution is -2.16. The van der Waals surface area contributed by atoms with Gasteiger partial charge in [0, 0.05) is 11.1 Å². The fraction of sp³-hybridized carbons (Fsp3) is 0.0870. The molecule has 0 saturated carbocycles. The molecule has 4 rings (SSSR count). The molecule has 4 aromatic rings. The van der Waals surface area contributed by atoms with Gasteiger partial charge >= 0.3 is 0 Å². The summed E-state index contributed by atoms with van der Waals surface area (Å²) in [5.41, 5.74) is 3.60. The highest BCUT2D eigenvalue weighted by molar-refractivity contribution is 7.14. The van der Waals surface area contributed by atoms with E-state index in [2.05, 4.69) is 27.8 Å². The molecule has 2 amide bonds. The van der Waals surface area contributed by atoms with Gasteiger partial charge in [0.2, 0.25) is 5.91 Å². The molecule has 30 heavy (non-hydrogen) atoms. The summed E-state index contributed by atoms with van der Waals surface area (Å²) in [6.45, 7) is 0. The van der Waals surface area contributed by atoms with Crippen LogP contribution in [0.25, 0.3) is 0 Å². The van der Waals surface area contributed by atoms with Gasteiger partial charge in [-0.1, -0.05) is 48.5 Å². The fourth-order valence-electron chi connectivity index (χ4n) is 2.98. The van der Waals surface area contributed by atoms with Gasteiger partial charge in [-0.2, -0.15) is 0 Å². The van der Waals surface area contributed by atoms with Crippen molar-refractivity contribution in [2.75, 3.05) is 10.6 Å². The van der Waals surface area contributed by atoms with E-state index in [1.165, 1.54) is 23.2 Å². The summed E-state index contributed by atoms with van der Waals surface area (Å²) < 4.78 is 5.06. The Kier molecular flexibility index (Phi) is 6.01. The molecule has 2 aromatic carbocycles. The minimum Gasteiger partial charge on any atom is -0.459 e. The molecule has 0 aliphatic carbocycles. The van der Waals surface area contributed by atoms with Crippen LogP contribution in [0.3, 0.4) is 0 Å². The summed E-state index contributed by atoms with van der Waals surface area (Å²) in [7, 11) is 0. The van der Waals surface area contributed by atoms with Crippen molar-refractivity contribution in [3.63, 3.8) is 0 Å². The predicted octanol–water partition coefficient (Wildman–Crippen LogP) is 4.76. The van der Waals surface area contributed by atoms with Gasteiger partial charge in [-0.3, -0.25) is 14.9 Å². The van der Waals surface area contributed by atoms with Gasteiger partial charge in [0.25, 0.3) is 5.91 Å². The summed E-state index contributed by atoms with van der Waals surface area (Å²) in [5.74, 6) is -0.329. The van der Waals surface area contributed by atoms with Crippen LogP contribution in [0.4, 0.5) is 10.8 Å². The number of nitrogens with one attached hydrogen (secondary N) is 2. The Morgan fingerprint density at radius 1 is 0.933 bits per heavy atom. The lowest BCUT2D eigenvalue weighted by molar-refractivity contribution is -0.115. The zero-order valence-corrected chi connectivity index (χ0v) is 16.8. The molecule has 150 valence electrons. The molecule has 0 atom stereocenters. The maximum absolute atomic E-state index is 12.6. The highest BCUT2D eigenvalue weighted by Crippen LogP contribution is 2.21. The number of carbonyl (C=O) groups excluding carboxylic acids is 2. The summed E-state index contributed by atoms with van der Waals surface area (Å²) in [5, 5.41) is 7.82. The molecular weight excluding hydrogens is 398 g/mol. The Hall–Kier alpha value is -3.71. The second kappa shape index (κ2) is 9.19. The van der Waals surface area contributed by atoms with Crippen LogP contribution in [-0.2, 0) is 17.6 Å². The van der Waals surface area contributed by atoms with E-state index in [0.29, 0.717) is 10.8 Å². The summed E-state index contributed by atoms with van der Waals surface area (Å²) in [6.07, 6.45) is 2.28. The largest absolute Gasteiger partial charge is 0.459 e. The molecule has 2 aromatic heterocycles. The van der Waals surface area contributed by atoms with Gasteiger partial charge in [-0.25, -0.2) is 4.98 Å². The normalized spacial score (nSPS) is 10.5. The Balaban J connectivity index is 1.37. The first-order valence-electron chi connectivity index (χ1n) is 9.38. The quantitative estimate of drug-likeness (QED) is 0.454. The van der Waals surface area contributed by atoms with Gasteiger partial charge in [0.1, 0.15) is 0 Å². The Bertz CT molecular complexity index is 1140. The second-order valence-corrected chi connectivity index (χ2v) is 7.48. The van der Waals surface area contributed by atoms with E-state index in [0.717, 1.165) is 17.7 Å². The molecular formula is C23H19N3O3S. The van der Waals surface area contributed by atoms with Crippen molar-refractivity contribution in [1.29, 1.82) is 0 Å². The number of benzene rings is 2. The highest BCUT2D eigenvalue weighted by atomic mass is 32.1. The topological polar surface area (TPSA) is 84.2 Å². The number of amides is 2. The van der Waals surface area contributed by atoms with Gasteiger partial charge in [0.05, 0.1) is 18.4 Å². The van der Waals surface area contributed by atoms with Gasteiger partial charge in [0.15, 0.2) is 10.9 Å². The number of hydrogen-bond acceptors (Lipinski definition) is 5. The van der Waals surface area contributed by atoms with Gasteiger partial charge in [-0.15, -0.1) is 11.3 Å². The average molecular weight is 417 g/mol. The monoisotopic (exact) mass is 417 g/mol. The number of nitrogens with zero attached hydrogens (tertiary/aromatic N) is 1. The van der Waals surface area contributed by atoms with Crippen molar-refractivity contribution < 1.29 is 14.0 Å². The van der Waals surface area contributed by atoms with Crippen molar-refractivity contribution in [2.45, 2.75) is 12.8 Å². The first-order valence-corrected chi connectivity index (χ1v) is 10.3. The van der Waals surface area contributed by atoms with Gasteiger partial charge < -0.3 is 9.73 Å². The number of carbonyl (C=O) groups is 2. The zero-order chi connectivity index (χ0) is 20.8. The van der Waals surface area contributed by atoms with Crippen molar-refractivity contribution in [2.24, 2.45) is 0 Å². The van der Waals surface area contributed by atoms with E-state index in [1.807, 2.05) is 42.5 Å². The molecule has 0 aliphatic rings. The first-order chi connectivity index (χ1) is 14.7. The number of furan rings is 1. The number of aromatic nitrogens is 1. The highest BCUT2D eigenvalue weighted by Gasteiger charge is 2.14. The lowest BCUT2D eigenvalue weighted by atomic mass is 10.0. The maximum atomic E-state index is 12.6. The predicted molar refractivity (Wildman–Crippen MR) is 117 cm³/mol. The minimum atomic E-state index is -0.375. The molecule has 0 fully saturated rings. The van der Waals surface area contributed by atoms with Crippen LogP contribution in [0, 0.1) is 0 Å². The van der Waals surface area contributed by atoms with Crippen LogP contribution in [0.5, 0.6) is 0 Å². The number of thiazole rings is 1. The maximum Gasteiger partial charge on any atom is 0.293 e. The van der Waals surface area contributed by atoms with Crippen molar-refractivity contribution >= 4 is 34.0 Å². The van der Waals surface area contributed by atoms with E-state index in [1.54, 1.807) is 17.5 Å². The Morgan fingerprint density at radius 3 is 2.53 bits per heavy atom. The molecule has 0 radical (unpaired) electrons. The molecule has 0 unspecified atom stereocenters. The Labute approximate surface area is 177 Å².